The van der Waals surface area contributed by atoms with Crippen LogP contribution in [-0.2, 0) is 16.6 Å². The first-order valence-corrected chi connectivity index (χ1v) is 8.89. The average Bonchev–Trinajstić information content (AvgIpc) is 3.09. The molecule has 1 aliphatic heterocycles. The second-order valence-corrected chi connectivity index (χ2v) is 7.24. The molecule has 134 valence electrons. The molecule has 1 saturated heterocycles. The molecular formula is C19H19N3O3S. The molecular weight excluding hydrogens is 350 g/mol. The highest BCUT2D eigenvalue weighted by Crippen LogP contribution is 2.32. The molecule has 3 rings (SSSR count). The normalized spacial score (nSPS) is 15.8. The van der Waals surface area contributed by atoms with Crippen molar-refractivity contribution in [3.8, 4) is 0 Å². The van der Waals surface area contributed by atoms with Gasteiger partial charge in [-0.25, -0.2) is 0 Å². The first kappa shape index (κ1) is 18.0. The van der Waals surface area contributed by atoms with Crippen molar-refractivity contribution >= 4 is 40.6 Å². The molecule has 0 saturated carbocycles. The number of thioether (sulfide) groups is 1. The van der Waals surface area contributed by atoms with E-state index in [1.54, 1.807) is 6.08 Å². The van der Waals surface area contributed by atoms with Crippen LogP contribution in [0.1, 0.15) is 16.7 Å². The number of nitrogens with one attached hydrogen (secondary N) is 1. The number of amides is 3. The van der Waals surface area contributed by atoms with Crippen LogP contribution in [-0.4, -0.2) is 33.1 Å². The van der Waals surface area contributed by atoms with Gasteiger partial charge in [-0.15, -0.1) is 0 Å². The summed E-state index contributed by atoms with van der Waals surface area (Å²) in [6.45, 7) is 3.56. The van der Waals surface area contributed by atoms with Crippen molar-refractivity contribution in [2.45, 2.75) is 13.8 Å². The summed E-state index contributed by atoms with van der Waals surface area (Å²) >= 11 is 0.849. The zero-order chi connectivity index (χ0) is 18.8. The number of aryl methyl sites for hydroxylation is 3. The number of hydrogen-bond donors (Lipinski definition) is 1. The molecule has 0 aliphatic carbocycles. The summed E-state index contributed by atoms with van der Waals surface area (Å²) in [5.74, 6) is -0.847. The second-order valence-electron chi connectivity index (χ2n) is 6.24. The van der Waals surface area contributed by atoms with Gasteiger partial charge in [-0.2, -0.15) is 0 Å². The molecule has 26 heavy (non-hydrogen) atoms. The van der Waals surface area contributed by atoms with Crippen molar-refractivity contribution < 1.29 is 14.4 Å². The zero-order valence-electron chi connectivity index (χ0n) is 14.8. The van der Waals surface area contributed by atoms with Gasteiger partial charge in [0.2, 0.25) is 5.91 Å². The predicted molar refractivity (Wildman–Crippen MR) is 103 cm³/mol. The zero-order valence-corrected chi connectivity index (χ0v) is 15.6. The molecule has 2 aromatic rings. The molecule has 0 unspecified atom stereocenters. The number of anilines is 1. The lowest BCUT2D eigenvalue weighted by molar-refractivity contribution is -0.127. The quantitative estimate of drug-likeness (QED) is 0.840. The van der Waals surface area contributed by atoms with E-state index < -0.39 is 17.1 Å². The summed E-state index contributed by atoms with van der Waals surface area (Å²) in [6, 6.07) is 7.51. The molecule has 0 radical (unpaired) electrons. The van der Waals surface area contributed by atoms with Gasteiger partial charge >= 0.3 is 0 Å². The number of nitrogens with zero attached hydrogens (tertiary/aromatic N) is 2. The topological polar surface area (TPSA) is 71.4 Å². The Morgan fingerprint density at radius 2 is 2.00 bits per heavy atom. The van der Waals surface area contributed by atoms with Gasteiger partial charge < -0.3 is 9.88 Å². The number of carbonyl (C=O) groups excluding carboxylic acids is 3. The van der Waals surface area contributed by atoms with Gasteiger partial charge in [0, 0.05) is 25.1 Å². The lowest BCUT2D eigenvalue weighted by Crippen LogP contribution is -2.36. The molecule has 2 heterocycles. The first-order valence-electron chi connectivity index (χ1n) is 8.08. The van der Waals surface area contributed by atoms with Gasteiger partial charge in [0.25, 0.3) is 11.1 Å². The second kappa shape index (κ2) is 7.21. The van der Waals surface area contributed by atoms with Crippen molar-refractivity contribution in [2.24, 2.45) is 7.05 Å². The van der Waals surface area contributed by atoms with Gasteiger partial charge in [-0.05, 0) is 54.9 Å². The Hall–Kier alpha value is -2.80. The molecule has 6 nitrogen and oxygen atoms in total. The summed E-state index contributed by atoms with van der Waals surface area (Å²) < 4.78 is 1.85. The van der Waals surface area contributed by atoms with Crippen LogP contribution in [0.5, 0.6) is 0 Å². The Kier molecular flexibility index (Phi) is 4.99. The largest absolute Gasteiger partial charge is 0.357 e. The maximum atomic E-state index is 12.5. The van der Waals surface area contributed by atoms with E-state index in [0.29, 0.717) is 10.6 Å². The smallest absolute Gasteiger partial charge is 0.294 e. The fraction of sp³-hybridized carbons (Fsp3) is 0.211. The van der Waals surface area contributed by atoms with Crippen LogP contribution in [0.2, 0.25) is 0 Å². The number of hydrogen-bond acceptors (Lipinski definition) is 4. The highest BCUT2D eigenvalue weighted by molar-refractivity contribution is 8.18. The van der Waals surface area contributed by atoms with E-state index in [2.05, 4.69) is 5.32 Å². The molecule has 0 bridgehead atoms. The van der Waals surface area contributed by atoms with Crippen LogP contribution in [0.25, 0.3) is 6.08 Å². The molecule has 3 amide bonds. The highest BCUT2D eigenvalue weighted by atomic mass is 32.2. The van der Waals surface area contributed by atoms with Gasteiger partial charge in [0.1, 0.15) is 6.54 Å². The van der Waals surface area contributed by atoms with Gasteiger partial charge in [-0.1, -0.05) is 17.7 Å². The lowest BCUT2D eigenvalue weighted by atomic mass is 10.1. The van der Waals surface area contributed by atoms with Crippen LogP contribution >= 0.6 is 11.8 Å². The summed E-state index contributed by atoms with van der Waals surface area (Å²) in [6.07, 6.45) is 5.36. The van der Waals surface area contributed by atoms with Crippen molar-refractivity contribution in [3.05, 3.63) is 58.3 Å². The van der Waals surface area contributed by atoms with Crippen molar-refractivity contribution in [1.82, 2.24) is 9.47 Å². The molecule has 1 aromatic heterocycles. The standard InChI is InChI=1S/C19H19N3O3S/c1-12-4-5-15(13(2)8-12)20-17(23)11-22-18(24)16(26-19(22)25)9-14-6-7-21(3)10-14/h4-10H,11H2,1-3H3,(H,20,23)/b16-9+. The molecule has 1 fully saturated rings. The summed E-state index contributed by atoms with van der Waals surface area (Å²) in [7, 11) is 1.88. The van der Waals surface area contributed by atoms with E-state index >= 15 is 0 Å². The Morgan fingerprint density at radius 3 is 2.65 bits per heavy atom. The summed E-state index contributed by atoms with van der Waals surface area (Å²) in [4.78, 5) is 38.2. The third-order valence-electron chi connectivity index (χ3n) is 3.98. The van der Waals surface area contributed by atoms with E-state index in [9.17, 15) is 14.4 Å². The maximum Gasteiger partial charge on any atom is 0.294 e. The van der Waals surface area contributed by atoms with Crippen molar-refractivity contribution in [1.29, 1.82) is 0 Å². The van der Waals surface area contributed by atoms with Crippen LogP contribution in [0.15, 0.2) is 41.6 Å². The Labute approximate surface area is 155 Å². The maximum absolute atomic E-state index is 12.5. The fourth-order valence-corrected chi connectivity index (χ4v) is 3.52. The molecule has 1 aliphatic rings. The van der Waals surface area contributed by atoms with E-state index in [4.69, 9.17) is 0 Å². The molecule has 1 N–H and O–H groups in total. The van der Waals surface area contributed by atoms with Crippen LogP contribution in [0.4, 0.5) is 10.5 Å². The van der Waals surface area contributed by atoms with Gasteiger partial charge in [0.05, 0.1) is 4.91 Å². The predicted octanol–water partition coefficient (Wildman–Crippen LogP) is 3.32. The third-order valence-corrected chi connectivity index (χ3v) is 4.89. The number of rotatable bonds is 4. The SMILES string of the molecule is Cc1ccc(NC(=O)CN2C(=O)S/C(=C/c3ccn(C)c3)C2=O)c(C)c1. The number of carbonyl (C=O) groups is 3. The number of benzene rings is 1. The molecule has 7 heteroatoms. The lowest BCUT2D eigenvalue weighted by Gasteiger charge is -2.13. The Balaban J connectivity index is 1.69. The fourth-order valence-electron chi connectivity index (χ4n) is 2.69. The highest BCUT2D eigenvalue weighted by Gasteiger charge is 2.36. The van der Waals surface area contributed by atoms with Crippen LogP contribution in [0, 0.1) is 13.8 Å². The van der Waals surface area contributed by atoms with Gasteiger partial charge in [0.15, 0.2) is 0 Å². The third kappa shape index (κ3) is 3.88. The van der Waals surface area contributed by atoms with E-state index in [-0.39, 0.29) is 6.54 Å². The molecule has 0 atom stereocenters. The first-order chi connectivity index (χ1) is 12.3. The minimum absolute atomic E-state index is 0.301. The minimum Gasteiger partial charge on any atom is -0.357 e. The Bertz CT molecular complexity index is 930. The number of imide groups is 1. The average molecular weight is 369 g/mol. The van der Waals surface area contributed by atoms with E-state index in [0.717, 1.165) is 33.4 Å². The van der Waals surface area contributed by atoms with Gasteiger partial charge in [-0.3, -0.25) is 19.3 Å². The van der Waals surface area contributed by atoms with Crippen LogP contribution in [0.3, 0.4) is 0 Å². The molecule has 1 aromatic carbocycles. The number of aromatic nitrogens is 1. The summed E-state index contributed by atoms with van der Waals surface area (Å²) in [5.41, 5.74) is 3.53. The van der Waals surface area contributed by atoms with E-state index in [1.165, 1.54) is 0 Å². The van der Waals surface area contributed by atoms with Crippen LogP contribution < -0.4 is 5.32 Å². The molecule has 0 spiro atoms. The van der Waals surface area contributed by atoms with E-state index in [1.807, 2.05) is 62.1 Å². The summed E-state index contributed by atoms with van der Waals surface area (Å²) in [5, 5.41) is 2.32. The van der Waals surface area contributed by atoms with Crippen molar-refractivity contribution in [3.63, 3.8) is 0 Å². The van der Waals surface area contributed by atoms with Crippen molar-refractivity contribution in [2.75, 3.05) is 11.9 Å². The minimum atomic E-state index is -0.445. The Morgan fingerprint density at radius 1 is 1.23 bits per heavy atom. The monoisotopic (exact) mass is 369 g/mol.